The van der Waals surface area contributed by atoms with E-state index in [9.17, 15) is 0 Å². The molecule has 1 aliphatic carbocycles. The minimum Gasteiger partial charge on any atom is -0.493 e. The Hall–Kier alpha value is -2.82. The Morgan fingerprint density at radius 3 is 2.62 bits per heavy atom. The smallest absolute Gasteiger partial charge is 0.231 e. The highest BCUT2D eigenvalue weighted by atomic mass is 16.7. The molecule has 2 heterocycles. The average Bonchev–Trinajstić information content (AvgIpc) is 3.26. The number of hydrogen-bond acceptors (Lipinski definition) is 5. The second-order valence-corrected chi connectivity index (χ2v) is 6.87. The Bertz CT molecular complexity index is 948. The molecule has 3 aliphatic rings. The second kappa shape index (κ2) is 5.59. The predicted molar refractivity (Wildman–Crippen MR) is 99.0 cm³/mol. The molecule has 0 fully saturated rings. The number of methoxy groups -OCH3 is 2. The van der Waals surface area contributed by atoms with Crippen LogP contribution in [0, 0.1) is 0 Å². The molecule has 0 radical (unpaired) electrons. The second-order valence-electron chi connectivity index (χ2n) is 6.87. The molecule has 5 nitrogen and oxygen atoms in total. The largest absolute Gasteiger partial charge is 0.493 e. The molecule has 2 aromatic carbocycles. The molecule has 0 saturated carbocycles. The Kier molecular flexibility index (Phi) is 3.32. The maximum Gasteiger partial charge on any atom is 0.231 e. The lowest BCUT2D eigenvalue weighted by Gasteiger charge is -2.21. The fourth-order valence-corrected chi connectivity index (χ4v) is 4.32. The van der Waals surface area contributed by atoms with Crippen LogP contribution in [0.1, 0.15) is 22.3 Å². The number of benzene rings is 2. The molecule has 0 saturated heterocycles. The molecular weight excluding hydrogens is 330 g/mol. The quantitative estimate of drug-likeness (QED) is 0.830. The Morgan fingerprint density at radius 2 is 1.81 bits per heavy atom. The third kappa shape index (κ3) is 2.03. The fourth-order valence-electron chi connectivity index (χ4n) is 4.32. The van der Waals surface area contributed by atoms with Crippen LogP contribution in [-0.2, 0) is 12.8 Å². The van der Waals surface area contributed by atoms with Gasteiger partial charge < -0.3 is 23.8 Å². The van der Waals surface area contributed by atoms with Crippen molar-refractivity contribution in [1.29, 1.82) is 0 Å². The average molecular weight is 351 g/mol. The van der Waals surface area contributed by atoms with Crippen molar-refractivity contribution < 1.29 is 18.9 Å². The van der Waals surface area contributed by atoms with Crippen molar-refractivity contribution in [1.82, 2.24) is 4.90 Å². The Balaban J connectivity index is 1.71. The predicted octanol–water partition coefficient (Wildman–Crippen LogP) is 3.34. The maximum absolute atomic E-state index is 5.77. The third-order valence-electron chi connectivity index (χ3n) is 5.57. The fraction of sp³-hybridized carbons (Fsp3) is 0.333. The number of fused-ring (bicyclic) bond motifs is 6. The van der Waals surface area contributed by atoms with Crippen molar-refractivity contribution in [2.45, 2.75) is 12.8 Å². The van der Waals surface area contributed by atoms with Gasteiger partial charge in [0.1, 0.15) is 0 Å². The van der Waals surface area contributed by atoms with Crippen molar-refractivity contribution in [3.8, 4) is 23.0 Å². The number of hydrogen-bond donors (Lipinski definition) is 0. The summed E-state index contributed by atoms with van der Waals surface area (Å²) in [6.45, 7) is 1.25. The van der Waals surface area contributed by atoms with Gasteiger partial charge in [-0.05, 0) is 47.4 Å². The lowest BCUT2D eigenvalue weighted by Crippen LogP contribution is -2.18. The van der Waals surface area contributed by atoms with Gasteiger partial charge in [-0.1, -0.05) is 0 Å². The third-order valence-corrected chi connectivity index (χ3v) is 5.57. The van der Waals surface area contributed by atoms with Crippen LogP contribution in [-0.4, -0.2) is 39.5 Å². The van der Waals surface area contributed by atoms with Crippen LogP contribution < -0.4 is 18.9 Å². The van der Waals surface area contributed by atoms with E-state index in [-0.39, 0.29) is 0 Å². The van der Waals surface area contributed by atoms with E-state index in [1.807, 2.05) is 6.07 Å². The lowest BCUT2D eigenvalue weighted by molar-refractivity contribution is 0.173. The standard InChI is InChI=1S/C21H21NO4/c1-22-7-6-12-8-18(23-2)19(24-3)10-14(12)15-9-16-13(20(15)22)4-5-17-21(16)26-11-25-17/h4-5,8,10H,6-7,9,11H2,1-3H3. The van der Waals surface area contributed by atoms with Crippen LogP contribution in [0.3, 0.4) is 0 Å². The van der Waals surface area contributed by atoms with Crippen LogP contribution in [0.15, 0.2) is 24.3 Å². The van der Waals surface area contributed by atoms with E-state index in [1.54, 1.807) is 14.2 Å². The van der Waals surface area contributed by atoms with E-state index >= 15 is 0 Å². The van der Waals surface area contributed by atoms with Crippen molar-refractivity contribution in [3.63, 3.8) is 0 Å². The molecule has 0 bridgehead atoms. The molecule has 2 aliphatic heterocycles. The summed E-state index contributed by atoms with van der Waals surface area (Å²) in [7, 11) is 5.53. The zero-order chi connectivity index (χ0) is 17.8. The zero-order valence-electron chi connectivity index (χ0n) is 15.2. The molecule has 0 spiro atoms. The van der Waals surface area contributed by atoms with Gasteiger partial charge in [0, 0.05) is 36.8 Å². The summed E-state index contributed by atoms with van der Waals surface area (Å²) in [5.41, 5.74) is 7.60. The molecule has 134 valence electrons. The molecule has 5 rings (SSSR count). The van der Waals surface area contributed by atoms with Crippen molar-refractivity contribution in [2.75, 3.05) is 34.6 Å². The molecule has 0 N–H and O–H groups in total. The first kappa shape index (κ1) is 15.4. The number of allylic oxidation sites excluding steroid dienone is 1. The maximum atomic E-state index is 5.77. The molecule has 2 aromatic rings. The van der Waals surface area contributed by atoms with E-state index in [0.717, 1.165) is 42.4 Å². The van der Waals surface area contributed by atoms with Crippen LogP contribution in [0.5, 0.6) is 23.0 Å². The van der Waals surface area contributed by atoms with Crippen molar-refractivity contribution in [2.24, 2.45) is 0 Å². The molecular formula is C21H21NO4. The molecule has 0 aromatic heterocycles. The first-order chi connectivity index (χ1) is 12.7. The molecule has 26 heavy (non-hydrogen) atoms. The Labute approximate surface area is 152 Å². The van der Waals surface area contributed by atoms with E-state index in [1.165, 1.54) is 33.5 Å². The summed E-state index contributed by atoms with van der Waals surface area (Å²) >= 11 is 0. The lowest BCUT2D eigenvalue weighted by atomic mass is 9.95. The van der Waals surface area contributed by atoms with Gasteiger partial charge >= 0.3 is 0 Å². The van der Waals surface area contributed by atoms with Gasteiger partial charge in [-0.3, -0.25) is 0 Å². The SMILES string of the molecule is COc1cc2c(cc1OC)C1=C(c3ccc4c(c3C1)OCO4)N(C)CC2. The van der Waals surface area contributed by atoms with E-state index in [2.05, 4.69) is 30.1 Å². The summed E-state index contributed by atoms with van der Waals surface area (Å²) in [6.07, 6.45) is 1.81. The summed E-state index contributed by atoms with van der Waals surface area (Å²) in [5.74, 6) is 3.29. The number of rotatable bonds is 2. The Morgan fingerprint density at radius 1 is 1.00 bits per heavy atom. The van der Waals surface area contributed by atoms with Crippen LogP contribution in [0.4, 0.5) is 0 Å². The number of ether oxygens (including phenoxy) is 4. The normalized spacial score (nSPS) is 16.8. The minimum atomic E-state index is 0.300. The highest BCUT2D eigenvalue weighted by molar-refractivity contribution is 5.99. The van der Waals surface area contributed by atoms with Crippen LogP contribution >= 0.6 is 0 Å². The van der Waals surface area contributed by atoms with Gasteiger partial charge in [-0.15, -0.1) is 0 Å². The summed E-state index contributed by atoms with van der Waals surface area (Å²) < 4.78 is 22.4. The van der Waals surface area contributed by atoms with Gasteiger partial charge in [0.15, 0.2) is 23.0 Å². The minimum absolute atomic E-state index is 0.300. The molecule has 0 unspecified atom stereocenters. The van der Waals surface area contributed by atoms with E-state index < -0.39 is 0 Å². The van der Waals surface area contributed by atoms with Crippen molar-refractivity contribution >= 4 is 11.3 Å². The molecule has 5 heteroatoms. The zero-order valence-corrected chi connectivity index (χ0v) is 15.2. The molecule has 0 atom stereocenters. The van der Waals surface area contributed by atoms with Gasteiger partial charge in [0.25, 0.3) is 0 Å². The monoisotopic (exact) mass is 351 g/mol. The summed E-state index contributed by atoms with van der Waals surface area (Å²) in [6, 6.07) is 8.41. The first-order valence-electron chi connectivity index (χ1n) is 8.82. The van der Waals surface area contributed by atoms with Crippen LogP contribution in [0.2, 0.25) is 0 Å². The van der Waals surface area contributed by atoms with Gasteiger partial charge in [-0.25, -0.2) is 0 Å². The summed E-state index contributed by atoms with van der Waals surface area (Å²) in [4.78, 5) is 2.35. The highest BCUT2D eigenvalue weighted by Crippen LogP contribution is 2.50. The number of nitrogens with zero attached hydrogens (tertiary/aromatic N) is 1. The highest BCUT2D eigenvalue weighted by Gasteiger charge is 2.34. The summed E-state index contributed by atoms with van der Waals surface area (Å²) in [5, 5.41) is 0. The van der Waals surface area contributed by atoms with Gasteiger partial charge in [-0.2, -0.15) is 0 Å². The van der Waals surface area contributed by atoms with Gasteiger partial charge in [0.05, 0.1) is 14.2 Å². The van der Waals surface area contributed by atoms with E-state index in [0.29, 0.717) is 6.79 Å². The number of likely N-dealkylation sites (N-methyl/N-ethyl adjacent to an activating group) is 1. The molecule has 0 amide bonds. The first-order valence-corrected chi connectivity index (χ1v) is 8.82. The van der Waals surface area contributed by atoms with E-state index in [4.69, 9.17) is 18.9 Å². The van der Waals surface area contributed by atoms with Crippen LogP contribution in [0.25, 0.3) is 11.3 Å². The van der Waals surface area contributed by atoms with Crippen molar-refractivity contribution in [3.05, 3.63) is 46.5 Å². The van der Waals surface area contributed by atoms with Gasteiger partial charge in [0.2, 0.25) is 6.79 Å². The topological polar surface area (TPSA) is 40.2 Å².